The van der Waals surface area contributed by atoms with Gasteiger partial charge in [0.05, 0.1) is 11.6 Å². The molecule has 2 aliphatic rings. The van der Waals surface area contributed by atoms with E-state index in [9.17, 15) is 22.8 Å². The van der Waals surface area contributed by atoms with Gasteiger partial charge in [-0.3, -0.25) is 19.4 Å². The smallest absolute Gasteiger partial charge is 0.320 e. The maximum absolute atomic E-state index is 13.3. The zero-order valence-electron chi connectivity index (χ0n) is 20.0. The Morgan fingerprint density at radius 3 is 2.30 bits per heavy atom. The van der Waals surface area contributed by atoms with Crippen LogP contribution in [0, 0.1) is 17.3 Å². The predicted octanol–water partition coefficient (Wildman–Crippen LogP) is 4.44. The summed E-state index contributed by atoms with van der Waals surface area (Å²) >= 11 is 0. The lowest BCUT2D eigenvalue weighted by Crippen LogP contribution is -2.56. The summed E-state index contributed by atoms with van der Waals surface area (Å²) in [5, 5.41) is 0. The summed E-state index contributed by atoms with van der Waals surface area (Å²) in [6.07, 6.45) is -1.35. The van der Waals surface area contributed by atoms with Crippen molar-refractivity contribution < 1.29 is 22.8 Å². The second-order valence-electron chi connectivity index (χ2n) is 10.6. The van der Waals surface area contributed by atoms with Gasteiger partial charge in [0.15, 0.2) is 0 Å². The van der Waals surface area contributed by atoms with Crippen LogP contribution in [0.1, 0.15) is 64.5 Å². The molecule has 33 heavy (non-hydrogen) atoms. The molecule has 184 valence electrons. The second kappa shape index (κ2) is 9.74. The van der Waals surface area contributed by atoms with Crippen molar-refractivity contribution in [1.82, 2.24) is 9.80 Å². The van der Waals surface area contributed by atoms with Crippen molar-refractivity contribution in [3.8, 4) is 0 Å². The number of halogens is 3. The van der Waals surface area contributed by atoms with Gasteiger partial charge in [0, 0.05) is 31.1 Å². The van der Waals surface area contributed by atoms with Crippen LogP contribution in [0.3, 0.4) is 0 Å². The molecular weight excluding hydrogens is 431 g/mol. The molecule has 1 saturated carbocycles. The first kappa shape index (κ1) is 25.7. The Hall–Kier alpha value is -1.93. The molecule has 1 aromatic carbocycles. The lowest BCUT2D eigenvalue weighted by Gasteiger charge is -2.37. The van der Waals surface area contributed by atoms with E-state index in [0.717, 1.165) is 43.5 Å². The van der Waals surface area contributed by atoms with E-state index in [-0.39, 0.29) is 23.8 Å². The van der Waals surface area contributed by atoms with Crippen molar-refractivity contribution in [3.05, 3.63) is 35.4 Å². The highest BCUT2D eigenvalue weighted by Crippen LogP contribution is 2.42. The molecule has 0 bridgehead atoms. The Kier molecular flexibility index (Phi) is 7.58. The van der Waals surface area contributed by atoms with Crippen molar-refractivity contribution in [1.29, 1.82) is 0 Å². The van der Waals surface area contributed by atoms with Crippen LogP contribution < -0.4 is 5.73 Å². The lowest BCUT2D eigenvalue weighted by molar-refractivity contribution is -0.155. The number of carbonyl (C=O) groups is 2. The first-order valence-electron chi connectivity index (χ1n) is 11.8. The summed E-state index contributed by atoms with van der Waals surface area (Å²) in [6.45, 7) is 9.49. The number of amides is 2. The molecule has 2 N–H and O–H groups in total. The Balaban J connectivity index is 1.74. The monoisotopic (exact) mass is 467 g/mol. The molecule has 0 unspecified atom stereocenters. The van der Waals surface area contributed by atoms with Crippen molar-refractivity contribution >= 4 is 11.8 Å². The van der Waals surface area contributed by atoms with E-state index in [0.29, 0.717) is 25.4 Å². The minimum atomic E-state index is -4.34. The van der Waals surface area contributed by atoms with Gasteiger partial charge in [0.1, 0.15) is 0 Å². The van der Waals surface area contributed by atoms with E-state index in [2.05, 4.69) is 4.90 Å². The maximum Gasteiger partial charge on any atom is 0.416 e. The van der Waals surface area contributed by atoms with Crippen LogP contribution in [0.5, 0.6) is 0 Å². The third-order valence-electron chi connectivity index (χ3n) is 6.93. The number of carbonyl (C=O) groups excluding carboxylic acids is 2. The number of imide groups is 1. The topological polar surface area (TPSA) is 66.6 Å². The predicted molar refractivity (Wildman–Crippen MR) is 121 cm³/mol. The quantitative estimate of drug-likeness (QED) is 0.672. The van der Waals surface area contributed by atoms with Gasteiger partial charge in [-0.2, -0.15) is 13.2 Å². The van der Waals surface area contributed by atoms with Gasteiger partial charge in [-0.25, -0.2) is 0 Å². The molecule has 1 aliphatic carbocycles. The Labute approximate surface area is 194 Å². The van der Waals surface area contributed by atoms with E-state index in [1.807, 2.05) is 27.7 Å². The SMILES string of the molecule is CCC[C@H](N)C(=O)N(C(=O)C(C)(C)C)[C@H]1CC[C@@H]2CN(Cc3ccc(C(F)(F)F)cc3)C[C@@H]21. The van der Waals surface area contributed by atoms with E-state index in [4.69, 9.17) is 5.73 Å². The lowest BCUT2D eigenvalue weighted by atomic mass is 9.90. The Morgan fingerprint density at radius 1 is 1.12 bits per heavy atom. The minimum absolute atomic E-state index is 0.156. The number of benzene rings is 1. The van der Waals surface area contributed by atoms with Crippen LogP contribution in [0.15, 0.2) is 24.3 Å². The summed E-state index contributed by atoms with van der Waals surface area (Å²) in [7, 11) is 0. The maximum atomic E-state index is 13.3. The summed E-state index contributed by atoms with van der Waals surface area (Å²) in [5.41, 5.74) is 5.63. The number of likely N-dealkylation sites (tertiary alicyclic amines) is 1. The summed E-state index contributed by atoms with van der Waals surface area (Å²) in [5.74, 6) is 0.0351. The molecule has 0 radical (unpaired) electrons. The number of alkyl halides is 3. The molecular formula is C25H36F3N3O2. The van der Waals surface area contributed by atoms with Crippen molar-refractivity contribution in [2.75, 3.05) is 13.1 Å². The van der Waals surface area contributed by atoms with Crippen LogP contribution in [-0.4, -0.2) is 46.8 Å². The number of fused-ring (bicyclic) bond motifs is 1. The van der Waals surface area contributed by atoms with Crippen LogP contribution >= 0.6 is 0 Å². The molecule has 2 amide bonds. The third kappa shape index (κ3) is 5.77. The fourth-order valence-corrected chi connectivity index (χ4v) is 5.22. The second-order valence-corrected chi connectivity index (χ2v) is 10.6. The molecule has 0 spiro atoms. The molecule has 0 aromatic heterocycles. The van der Waals surface area contributed by atoms with Gasteiger partial charge in [0.25, 0.3) is 0 Å². The largest absolute Gasteiger partial charge is 0.416 e. The van der Waals surface area contributed by atoms with E-state index in [1.165, 1.54) is 17.0 Å². The average molecular weight is 468 g/mol. The average Bonchev–Trinajstić information content (AvgIpc) is 3.28. The normalized spacial score (nSPS) is 24.5. The van der Waals surface area contributed by atoms with Crippen molar-refractivity contribution in [2.24, 2.45) is 23.0 Å². The molecule has 1 aromatic rings. The number of nitrogens with zero attached hydrogens (tertiary/aromatic N) is 2. The van der Waals surface area contributed by atoms with Crippen molar-refractivity contribution in [3.63, 3.8) is 0 Å². The van der Waals surface area contributed by atoms with E-state index >= 15 is 0 Å². The van der Waals surface area contributed by atoms with Crippen LogP contribution in [-0.2, 0) is 22.3 Å². The zero-order chi connectivity index (χ0) is 24.6. The molecule has 5 nitrogen and oxygen atoms in total. The summed E-state index contributed by atoms with van der Waals surface area (Å²) in [6, 6.07) is 4.41. The highest BCUT2D eigenvalue weighted by molar-refractivity contribution is 6.00. The van der Waals surface area contributed by atoms with Crippen LogP contribution in [0.25, 0.3) is 0 Å². The Bertz CT molecular complexity index is 848. The van der Waals surface area contributed by atoms with Crippen molar-refractivity contribution in [2.45, 2.75) is 78.2 Å². The number of hydrogen-bond donors (Lipinski definition) is 1. The molecule has 3 rings (SSSR count). The van der Waals surface area contributed by atoms with E-state index in [1.54, 1.807) is 0 Å². The van der Waals surface area contributed by atoms with Gasteiger partial charge in [-0.05, 0) is 48.8 Å². The summed E-state index contributed by atoms with van der Waals surface area (Å²) < 4.78 is 38.5. The minimum Gasteiger partial charge on any atom is -0.320 e. The van der Waals surface area contributed by atoms with Gasteiger partial charge in [-0.1, -0.05) is 46.2 Å². The summed E-state index contributed by atoms with van der Waals surface area (Å²) in [4.78, 5) is 30.3. The fraction of sp³-hybridized carbons (Fsp3) is 0.680. The number of hydrogen-bond acceptors (Lipinski definition) is 4. The number of rotatable bonds is 6. The van der Waals surface area contributed by atoms with Crippen LogP contribution in [0.2, 0.25) is 0 Å². The molecule has 2 fully saturated rings. The first-order valence-corrected chi connectivity index (χ1v) is 11.8. The fourth-order valence-electron chi connectivity index (χ4n) is 5.22. The van der Waals surface area contributed by atoms with Gasteiger partial charge >= 0.3 is 6.18 Å². The standard InChI is InChI=1S/C25H36F3N3O2/c1-5-6-20(29)22(32)31(23(33)24(2,3)4)21-12-9-17-14-30(15-19(17)21)13-16-7-10-18(11-8-16)25(26,27)28/h7-8,10-11,17,19-21H,5-6,9,12-15,29H2,1-4H3/t17-,19+,20+,21+/m1/s1. The van der Waals surface area contributed by atoms with Gasteiger partial charge < -0.3 is 5.73 Å². The highest BCUT2D eigenvalue weighted by Gasteiger charge is 2.49. The third-order valence-corrected chi connectivity index (χ3v) is 6.93. The molecule has 1 saturated heterocycles. The molecule has 4 atom stereocenters. The molecule has 1 aliphatic heterocycles. The highest BCUT2D eigenvalue weighted by atomic mass is 19.4. The first-order chi connectivity index (χ1) is 15.3. The molecule has 1 heterocycles. The van der Waals surface area contributed by atoms with Crippen LogP contribution in [0.4, 0.5) is 13.2 Å². The molecule has 8 heteroatoms. The zero-order valence-corrected chi connectivity index (χ0v) is 20.0. The Morgan fingerprint density at radius 2 is 1.76 bits per heavy atom. The van der Waals surface area contributed by atoms with Gasteiger partial charge in [0.2, 0.25) is 11.8 Å². The van der Waals surface area contributed by atoms with Gasteiger partial charge in [-0.15, -0.1) is 0 Å². The number of nitrogens with two attached hydrogens (primary N) is 1. The van der Waals surface area contributed by atoms with E-state index < -0.39 is 23.2 Å².